The summed E-state index contributed by atoms with van der Waals surface area (Å²) in [6.45, 7) is 2.16. The largest absolute Gasteiger partial charge is 0.369 e. The summed E-state index contributed by atoms with van der Waals surface area (Å²) in [6.07, 6.45) is 9.06. The zero-order valence-corrected chi connectivity index (χ0v) is 9.55. The van der Waals surface area contributed by atoms with Crippen molar-refractivity contribution in [2.24, 2.45) is 0 Å². The number of nitrogens with one attached hydrogen (secondary N) is 1. The summed E-state index contributed by atoms with van der Waals surface area (Å²) < 4.78 is 0. The van der Waals surface area contributed by atoms with Crippen LogP contribution < -0.4 is 5.73 Å². The number of aromatic amines is 1. The van der Waals surface area contributed by atoms with Crippen molar-refractivity contribution in [3.63, 3.8) is 0 Å². The van der Waals surface area contributed by atoms with Crippen molar-refractivity contribution in [1.82, 2.24) is 9.97 Å². The van der Waals surface area contributed by atoms with Crippen LogP contribution in [0.5, 0.6) is 0 Å². The SMILES string of the molecule is CCc1[nH]c(N)nc1C1CCCCCC1. The van der Waals surface area contributed by atoms with Gasteiger partial charge in [0.15, 0.2) is 5.95 Å². The molecule has 0 unspecified atom stereocenters. The molecule has 1 aromatic rings. The van der Waals surface area contributed by atoms with Crippen molar-refractivity contribution in [2.45, 2.75) is 57.8 Å². The summed E-state index contributed by atoms with van der Waals surface area (Å²) in [5, 5.41) is 0. The molecule has 1 aromatic heterocycles. The minimum absolute atomic E-state index is 0.589. The van der Waals surface area contributed by atoms with Gasteiger partial charge in [0.05, 0.1) is 5.69 Å². The van der Waals surface area contributed by atoms with E-state index in [0.29, 0.717) is 11.9 Å². The monoisotopic (exact) mass is 207 g/mol. The molecule has 3 heteroatoms. The number of imidazole rings is 1. The number of nitrogens with two attached hydrogens (primary N) is 1. The smallest absolute Gasteiger partial charge is 0.197 e. The van der Waals surface area contributed by atoms with Crippen molar-refractivity contribution < 1.29 is 0 Å². The third-order valence-electron chi connectivity index (χ3n) is 3.42. The lowest BCUT2D eigenvalue weighted by Gasteiger charge is -2.12. The fourth-order valence-electron chi connectivity index (χ4n) is 2.60. The van der Waals surface area contributed by atoms with Crippen molar-refractivity contribution in [3.8, 4) is 0 Å². The van der Waals surface area contributed by atoms with Crippen LogP contribution in [0, 0.1) is 0 Å². The standard InChI is InChI=1S/C12H21N3/c1-2-10-11(15-12(13)14-10)9-7-5-3-4-6-8-9/h9H,2-8H2,1H3,(H3,13,14,15). The summed E-state index contributed by atoms with van der Waals surface area (Å²) in [7, 11) is 0. The Balaban J connectivity index is 2.18. The van der Waals surface area contributed by atoms with Crippen LogP contribution >= 0.6 is 0 Å². The molecule has 0 aliphatic heterocycles. The number of nitrogens with zero attached hydrogens (tertiary/aromatic N) is 1. The molecule has 15 heavy (non-hydrogen) atoms. The Kier molecular flexibility index (Phi) is 3.29. The molecular formula is C12H21N3. The maximum Gasteiger partial charge on any atom is 0.197 e. The number of anilines is 1. The highest BCUT2D eigenvalue weighted by Crippen LogP contribution is 2.32. The maximum atomic E-state index is 5.73. The fraction of sp³-hybridized carbons (Fsp3) is 0.750. The summed E-state index contributed by atoms with van der Waals surface area (Å²) in [6, 6.07) is 0. The van der Waals surface area contributed by atoms with Crippen molar-refractivity contribution in [3.05, 3.63) is 11.4 Å². The van der Waals surface area contributed by atoms with Crippen LogP contribution in [0.2, 0.25) is 0 Å². The Labute approximate surface area is 91.5 Å². The van der Waals surface area contributed by atoms with Crippen LogP contribution in [0.25, 0.3) is 0 Å². The number of hydrogen-bond acceptors (Lipinski definition) is 2. The summed E-state index contributed by atoms with van der Waals surface area (Å²) in [4.78, 5) is 7.65. The molecule has 84 valence electrons. The highest BCUT2D eigenvalue weighted by atomic mass is 15.0. The molecule has 0 saturated heterocycles. The van der Waals surface area contributed by atoms with E-state index in [1.165, 1.54) is 49.9 Å². The number of nitrogen functional groups attached to an aromatic ring is 1. The van der Waals surface area contributed by atoms with Crippen LogP contribution in [-0.2, 0) is 6.42 Å². The first kappa shape index (κ1) is 10.5. The highest BCUT2D eigenvalue weighted by Gasteiger charge is 2.20. The lowest BCUT2D eigenvalue weighted by atomic mass is 9.95. The molecule has 1 aliphatic carbocycles. The van der Waals surface area contributed by atoms with Gasteiger partial charge >= 0.3 is 0 Å². The molecule has 0 atom stereocenters. The lowest BCUT2D eigenvalue weighted by molar-refractivity contribution is 0.575. The number of hydrogen-bond donors (Lipinski definition) is 2. The first-order valence-corrected chi connectivity index (χ1v) is 6.15. The van der Waals surface area contributed by atoms with E-state index >= 15 is 0 Å². The first-order chi connectivity index (χ1) is 7.31. The summed E-state index contributed by atoms with van der Waals surface area (Å²) in [5.74, 6) is 1.24. The Morgan fingerprint density at radius 3 is 2.53 bits per heavy atom. The Morgan fingerprint density at radius 2 is 1.93 bits per heavy atom. The molecule has 0 spiro atoms. The minimum Gasteiger partial charge on any atom is -0.369 e. The van der Waals surface area contributed by atoms with E-state index in [1.807, 2.05) is 0 Å². The second-order valence-corrected chi connectivity index (χ2v) is 4.53. The quantitative estimate of drug-likeness (QED) is 0.732. The van der Waals surface area contributed by atoms with Gasteiger partial charge in [-0.15, -0.1) is 0 Å². The predicted octanol–water partition coefficient (Wildman–Crippen LogP) is 2.99. The van der Waals surface area contributed by atoms with Crippen LogP contribution in [-0.4, -0.2) is 9.97 Å². The zero-order chi connectivity index (χ0) is 10.7. The van der Waals surface area contributed by atoms with E-state index in [9.17, 15) is 0 Å². The molecule has 1 fully saturated rings. The Hall–Kier alpha value is -0.990. The molecule has 2 rings (SSSR count). The second-order valence-electron chi connectivity index (χ2n) is 4.53. The van der Waals surface area contributed by atoms with Crippen LogP contribution in [0.15, 0.2) is 0 Å². The van der Waals surface area contributed by atoms with E-state index in [2.05, 4.69) is 16.9 Å². The van der Waals surface area contributed by atoms with E-state index in [0.717, 1.165) is 6.42 Å². The Morgan fingerprint density at radius 1 is 1.27 bits per heavy atom. The third-order valence-corrected chi connectivity index (χ3v) is 3.42. The average molecular weight is 207 g/mol. The molecular weight excluding hydrogens is 186 g/mol. The predicted molar refractivity (Wildman–Crippen MR) is 62.8 cm³/mol. The van der Waals surface area contributed by atoms with Crippen LogP contribution in [0.3, 0.4) is 0 Å². The lowest BCUT2D eigenvalue weighted by Crippen LogP contribution is -2.01. The van der Waals surface area contributed by atoms with E-state index < -0.39 is 0 Å². The van der Waals surface area contributed by atoms with E-state index in [4.69, 9.17) is 5.73 Å². The molecule has 3 N–H and O–H groups in total. The van der Waals surface area contributed by atoms with Crippen LogP contribution in [0.4, 0.5) is 5.95 Å². The molecule has 1 saturated carbocycles. The van der Waals surface area contributed by atoms with Crippen molar-refractivity contribution in [2.75, 3.05) is 5.73 Å². The molecule has 0 bridgehead atoms. The molecule has 1 heterocycles. The number of H-pyrrole nitrogens is 1. The van der Waals surface area contributed by atoms with Crippen molar-refractivity contribution in [1.29, 1.82) is 0 Å². The van der Waals surface area contributed by atoms with Gasteiger partial charge in [-0.1, -0.05) is 32.6 Å². The summed E-state index contributed by atoms with van der Waals surface area (Å²) in [5.41, 5.74) is 8.23. The van der Waals surface area contributed by atoms with Crippen LogP contribution in [0.1, 0.15) is 62.8 Å². The third kappa shape index (κ3) is 2.33. The Bertz CT molecular complexity index is 309. The molecule has 1 aliphatic rings. The fourth-order valence-corrected chi connectivity index (χ4v) is 2.60. The summed E-state index contributed by atoms with van der Waals surface area (Å²) >= 11 is 0. The van der Waals surface area contributed by atoms with Gasteiger partial charge in [0.25, 0.3) is 0 Å². The first-order valence-electron chi connectivity index (χ1n) is 6.15. The number of aromatic nitrogens is 2. The second kappa shape index (κ2) is 4.69. The number of rotatable bonds is 2. The van der Waals surface area contributed by atoms with Crippen molar-refractivity contribution >= 4 is 5.95 Å². The number of aryl methyl sites for hydroxylation is 1. The highest BCUT2D eigenvalue weighted by molar-refractivity contribution is 5.28. The van der Waals surface area contributed by atoms with Gasteiger partial charge < -0.3 is 10.7 Å². The molecule has 0 amide bonds. The van der Waals surface area contributed by atoms with Gasteiger partial charge in [-0.2, -0.15) is 0 Å². The van der Waals surface area contributed by atoms with Gasteiger partial charge in [-0.05, 0) is 19.3 Å². The minimum atomic E-state index is 0.589. The van der Waals surface area contributed by atoms with Gasteiger partial charge in [0, 0.05) is 11.6 Å². The van der Waals surface area contributed by atoms with Gasteiger partial charge in [0.1, 0.15) is 0 Å². The van der Waals surface area contributed by atoms with Gasteiger partial charge in [-0.25, -0.2) is 4.98 Å². The average Bonchev–Trinajstić information content (AvgIpc) is 2.47. The van der Waals surface area contributed by atoms with Gasteiger partial charge in [-0.3, -0.25) is 0 Å². The van der Waals surface area contributed by atoms with E-state index in [1.54, 1.807) is 0 Å². The topological polar surface area (TPSA) is 54.7 Å². The molecule has 0 radical (unpaired) electrons. The molecule has 0 aromatic carbocycles. The van der Waals surface area contributed by atoms with Gasteiger partial charge in [0.2, 0.25) is 0 Å². The normalized spacial score (nSPS) is 19.0. The molecule has 3 nitrogen and oxygen atoms in total. The zero-order valence-electron chi connectivity index (χ0n) is 9.55. The maximum absolute atomic E-state index is 5.73. The van der Waals surface area contributed by atoms with E-state index in [-0.39, 0.29) is 0 Å².